The van der Waals surface area contributed by atoms with Gasteiger partial charge >= 0.3 is 0 Å². The van der Waals surface area contributed by atoms with E-state index in [4.69, 9.17) is 0 Å². The molecule has 2 aromatic carbocycles. The highest BCUT2D eigenvalue weighted by atomic mass is 32.2. The Bertz CT molecular complexity index is 1270. The van der Waals surface area contributed by atoms with Gasteiger partial charge < -0.3 is 9.88 Å². The van der Waals surface area contributed by atoms with Crippen LogP contribution in [0.1, 0.15) is 22.4 Å². The second kappa shape index (κ2) is 9.18. The van der Waals surface area contributed by atoms with Crippen molar-refractivity contribution >= 4 is 21.6 Å². The van der Waals surface area contributed by atoms with Crippen LogP contribution in [-0.4, -0.2) is 18.9 Å². The molecule has 1 heterocycles. The molecule has 2 N–H and O–H groups in total. The number of hydrogen-bond acceptors (Lipinski definition) is 4. The van der Waals surface area contributed by atoms with Crippen LogP contribution in [0.25, 0.3) is 0 Å². The molecule has 8 heteroatoms. The van der Waals surface area contributed by atoms with Crippen LogP contribution in [0, 0.1) is 20.8 Å². The summed E-state index contributed by atoms with van der Waals surface area (Å²) < 4.78 is 28.7. The van der Waals surface area contributed by atoms with Gasteiger partial charge in [-0.1, -0.05) is 36.4 Å². The highest BCUT2D eigenvalue weighted by Gasteiger charge is 2.17. The summed E-state index contributed by atoms with van der Waals surface area (Å²) in [7, 11) is -3.91. The SMILES string of the molecule is Cc1ccc(CNC(=O)Cn2c(C)ccc(NS(=O)(=O)c3ccccc3)c2=O)cc1C. The molecule has 1 aromatic heterocycles. The van der Waals surface area contributed by atoms with E-state index in [0.717, 1.165) is 11.1 Å². The van der Waals surface area contributed by atoms with Gasteiger partial charge in [-0.2, -0.15) is 0 Å². The van der Waals surface area contributed by atoms with Crippen LogP contribution < -0.4 is 15.6 Å². The minimum atomic E-state index is -3.91. The molecule has 3 rings (SSSR count). The number of pyridine rings is 1. The van der Waals surface area contributed by atoms with E-state index in [1.807, 2.05) is 32.0 Å². The standard InChI is InChI=1S/C23H25N3O4S/c1-16-9-11-19(13-17(16)2)14-24-22(27)15-26-18(3)10-12-21(23(26)28)25-31(29,30)20-7-5-4-6-8-20/h4-13,25H,14-15H2,1-3H3,(H,24,27). The van der Waals surface area contributed by atoms with Gasteiger partial charge in [-0.3, -0.25) is 14.3 Å². The van der Waals surface area contributed by atoms with Crippen molar-refractivity contribution in [2.75, 3.05) is 4.72 Å². The van der Waals surface area contributed by atoms with Gasteiger partial charge in [-0.05, 0) is 61.7 Å². The van der Waals surface area contributed by atoms with E-state index in [-0.39, 0.29) is 23.0 Å². The van der Waals surface area contributed by atoms with Crippen LogP contribution in [-0.2, 0) is 27.9 Å². The first-order valence-electron chi connectivity index (χ1n) is 9.78. The molecule has 1 amide bonds. The van der Waals surface area contributed by atoms with E-state index in [1.165, 1.54) is 28.3 Å². The van der Waals surface area contributed by atoms with Gasteiger partial charge in [0.15, 0.2) is 0 Å². The third kappa shape index (κ3) is 5.40. The first-order chi connectivity index (χ1) is 14.7. The number of sulfonamides is 1. The normalized spacial score (nSPS) is 11.2. The number of nitrogens with one attached hydrogen (secondary N) is 2. The fourth-order valence-electron chi connectivity index (χ4n) is 3.06. The van der Waals surface area contributed by atoms with Crippen LogP contribution in [0.4, 0.5) is 5.69 Å². The lowest BCUT2D eigenvalue weighted by Gasteiger charge is -2.14. The molecule has 0 spiro atoms. The van der Waals surface area contributed by atoms with Gasteiger partial charge in [0, 0.05) is 12.2 Å². The van der Waals surface area contributed by atoms with Gasteiger partial charge in [0.25, 0.3) is 15.6 Å². The maximum absolute atomic E-state index is 12.8. The summed E-state index contributed by atoms with van der Waals surface area (Å²) in [6, 6.07) is 16.7. The largest absolute Gasteiger partial charge is 0.350 e. The van der Waals surface area contributed by atoms with Crippen molar-refractivity contribution < 1.29 is 13.2 Å². The van der Waals surface area contributed by atoms with E-state index in [0.29, 0.717) is 12.2 Å². The van der Waals surface area contributed by atoms with Crippen LogP contribution in [0.3, 0.4) is 0 Å². The Labute approximate surface area is 181 Å². The van der Waals surface area contributed by atoms with E-state index in [2.05, 4.69) is 10.0 Å². The summed E-state index contributed by atoms with van der Waals surface area (Å²) in [5.74, 6) is -0.341. The topological polar surface area (TPSA) is 97.3 Å². The zero-order valence-corrected chi connectivity index (χ0v) is 18.5. The van der Waals surface area contributed by atoms with Gasteiger partial charge in [-0.15, -0.1) is 0 Å². The Morgan fingerprint density at radius 3 is 2.32 bits per heavy atom. The lowest BCUT2D eigenvalue weighted by Crippen LogP contribution is -2.34. The molecule has 0 unspecified atom stereocenters. The molecule has 0 bridgehead atoms. The summed E-state index contributed by atoms with van der Waals surface area (Å²) in [5.41, 5.74) is 3.13. The number of anilines is 1. The zero-order chi connectivity index (χ0) is 22.6. The molecule has 0 radical (unpaired) electrons. The van der Waals surface area contributed by atoms with Crippen molar-refractivity contribution in [3.8, 4) is 0 Å². The maximum atomic E-state index is 12.8. The Morgan fingerprint density at radius 2 is 1.65 bits per heavy atom. The van der Waals surface area contributed by atoms with Crippen molar-refractivity contribution in [3.05, 3.63) is 93.4 Å². The Balaban J connectivity index is 1.75. The molecule has 0 aliphatic heterocycles. The smallest absolute Gasteiger partial charge is 0.275 e. The Hall–Kier alpha value is -3.39. The number of aryl methyl sites for hydroxylation is 3. The summed E-state index contributed by atoms with van der Waals surface area (Å²) in [5, 5.41) is 2.80. The zero-order valence-electron chi connectivity index (χ0n) is 17.7. The van der Waals surface area contributed by atoms with E-state index in [1.54, 1.807) is 31.2 Å². The molecular weight excluding hydrogens is 414 g/mol. The van der Waals surface area contributed by atoms with Crippen molar-refractivity contribution in [2.24, 2.45) is 0 Å². The van der Waals surface area contributed by atoms with Crippen molar-refractivity contribution in [1.82, 2.24) is 9.88 Å². The molecule has 0 atom stereocenters. The molecule has 31 heavy (non-hydrogen) atoms. The number of carbonyl (C=O) groups is 1. The average Bonchev–Trinajstić information content (AvgIpc) is 2.74. The summed E-state index contributed by atoms with van der Waals surface area (Å²) >= 11 is 0. The second-order valence-electron chi connectivity index (χ2n) is 7.39. The van der Waals surface area contributed by atoms with Crippen molar-refractivity contribution in [2.45, 2.75) is 38.8 Å². The number of hydrogen-bond donors (Lipinski definition) is 2. The van der Waals surface area contributed by atoms with Gasteiger partial charge in [0.2, 0.25) is 5.91 Å². The number of rotatable bonds is 7. The first-order valence-corrected chi connectivity index (χ1v) is 11.3. The molecule has 3 aromatic rings. The first kappa shape index (κ1) is 22.3. The highest BCUT2D eigenvalue weighted by molar-refractivity contribution is 7.92. The Morgan fingerprint density at radius 1 is 0.935 bits per heavy atom. The van der Waals surface area contributed by atoms with E-state index >= 15 is 0 Å². The van der Waals surface area contributed by atoms with Crippen LogP contribution >= 0.6 is 0 Å². The minimum absolute atomic E-state index is 0.0488. The predicted molar refractivity (Wildman–Crippen MR) is 120 cm³/mol. The summed E-state index contributed by atoms with van der Waals surface area (Å²) in [6.07, 6.45) is 0. The number of nitrogens with zero attached hydrogens (tertiary/aromatic N) is 1. The monoisotopic (exact) mass is 439 g/mol. The molecule has 0 aliphatic carbocycles. The minimum Gasteiger partial charge on any atom is -0.350 e. The van der Waals surface area contributed by atoms with Crippen LogP contribution in [0.15, 0.2) is 70.4 Å². The van der Waals surface area contributed by atoms with Gasteiger partial charge in [0.1, 0.15) is 12.2 Å². The molecule has 0 fully saturated rings. The number of aromatic nitrogens is 1. The third-order valence-corrected chi connectivity index (χ3v) is 6.43. The number of carbonyl (C=O) groups excluding carboxylic acids is 1. The third-order valence-electron chi connectivity index (χ3n) is 5.05. The molecule has 7 nitrogen and oxygen atoms in total. The fraction of sp³-hybridized carbons (Fsp3) is 0.217. The molecule has 0 saturated heterocycles. The van der Waals surface area contributed by atoms with Crippen molar-refractivity contribution in [3.63, 3.8) is 0 Å². The molecular formula is C23H25N3O4S. The van der Waals surface area contributed by atoms with Gasteiger partial charge in [-0.25, -0.2) is 8.42 Å². The van der Waals surface area contributed by atoms with Crippen LogP contribution in [0.2, 0.25) is 0 Å². The van der Waals surface area contributed by atoms with Gasteiger partial charge in [0.05, 0.1) is 4.90 Å². The average molecular weight is 440 g/mol. The fourth-order valence-corrected chi connectivity index (χ4v) is 4.14. The van der Waals surface area contributed by atoms with Crippen molar-refractivity contribution in [1.29, 1.82) is 0 Å². The molecule has 0 saturated carbocycles. The lowest BCUT2D eigenvalue weighted by atomic mass is 10.1. The lowest BCUT2D eigenvalue weighted by molar-refractivity contribution is -0.121. The molecule has 0 aliphatic rings. The highest BCUT2D eigenvalue weighted by Crippen LogP contribution is 2.13. The second-order valence-corrected chi connectivity index (χ2v) is 9.08. The quantitative estimate of drug-likeness (QED) is 0.592. The predicted octanol–water partition coefficient (Wildman–Crippen LogP) is 2.89. The summed E-state index contributed by atoms with van der Waals surface area (Å²) in [6.45, 7) is 5.84. The van der Waals surface area contributed by atoms with Crippen LogP contribution in [0.5, 0.6) is 0 Å². The number of benzene rings is 2. The van der Waals surface area contributed by atoms with E-state index in [9.17, 15) is 18.0 Å². The summed E-state index contributed by atoms with van der Waals surface area (Å²) in [4.78, 5) is 25.3. The Kier molecular flexibility index (Phi) is 6.60. The molecule has 162 valence electrons. The maximum Gasteiger partial charge on any atom is 0.275 e. The van der Waals surface area contributed by atoms with E-state index < -0.39 is 15.6 Å². The number of amides is 1.